The molecule has 3 atom stereocenters. The van der Waals surface area contributed by atoms with Crippen LogP contribution in [0.5, 0.6) is 0 Å². The van der Waals surface area contributed by atoms with Crippen molar-refractivity contribution >= 4 is 23.5 Å². The summed E-state index contributed by atoms with van der Waals surface area (Å²) in [5, 5.41) is 21.3. The molecule has 1 aromatic carbocycles. The average Bonchev–Trinajstić information content (AvgIpc) is 2.52. The standard InChI is InChI=1S/C17H24N2O5/c1-10(2)14(17(23)24)18-11(3)15(20)19(12(4)16(21)22)13-8-6-5-7-9-13/h5-12,14,18H,1-4H3,(H,21,22)(H,23,24)/t11-,12-,14?/m0/s1. The molecular formula is C17H24N2O5. The van der Waals surface area contributed by atoms with E-state index in [2.05, 4.69) is 5.32 Å². The summed E-state index contributed by atoms with van der Waals surface area (Å²) in [6.07, 6.45) is 0. The van der Waals surface area contributed by atoms with Gasteiger partial charge in [0.2, 0.25) is 5.91 Å². The lowest BCUT2D eigenvalue weighted by Crippen LogP contribution is -2.55. The van der Waals surface area contributed by atoms with E-state index in [0.29, 0.717) is 5.69 Å². The van der Waals surface area contributed by atoms with Crippen molar-refractivity contribution in [3.63, 3.8) is 0 Å². The fourth-order valence-electron chi connectivity index (χ4n) is 2.34. The molecular weight excluding hydrogens is 312 g/mol. The number of amides is 1. The Morgan fingerprint density at radius 3 is 1.92 bits per heavy atom. The van der Waals surface area contributed by atoms with E-state index in [1.807, 2.05) is 0 Å². The van der Waals surface area contributed by atoms with Crippen LogP contribution in [0.3, 0.4) is 0 Å². The Morgan fingerprint density at radius 2 is 1.50 bits per heavy atom. The Kier molecular flexibility index (Phi) is 6.91. The first-order chi connectivity index (χ1) is 11.2. The molecule has 1 unspecified atom stereocenters. The van der Waals surface area contributed by atoms with Crippen LogP contribution in [0.25, 0.3) is 0 Å². The topological polar surface area (TPSA) is 107 Å². The van der Waals surface area contributed by atoms with Crippen LogP contribution in [-0.2, 0) is 14.4 Å². The first-order valence-electron chi connectivity index (χ1n) is 7.76. The predicted octanol–water partition coefficient (Wildman–Crippen LogP) is 1.58. The van der Waals surface area contributed by atoms with E-state index in [9.17, 15) is 24.6 Å². The van der Waals surface area contributed by atoms with Gasteiger partial charge in [-0.25, -0.2) is 4.79 Å². The van der Waals surface area contributed by atoms with E-state index in [1.165, 1.54) is 18.7 Å². The summed E-state index contributed by atoms with van der Waals surface area (Å²) in [5.41, 5.74) is 0.447. The third-order valence-electron chi connectivity index (χ3n) is 3.75. The minimum absolute atomic E-state index is 0.222. The monoisotopic (exact) mass is 336 g/mol. The van der Waals surface area contributed by atoms with E-state index in [4.69, 9.17) is 0 Å². The van der Waals surface area contributed by atoms with Crippen LogP contribution in [0.15, 0.2) is 30.3 Å². The molecule has 24 heavy (non-hydrogen) atoms. The summed E-state index contributed by atoms with van der Waals surface area (Å²) in [6.45, 7) is 6.41. The molecule has 7 nitrogen and oxygen atoms in total. The van der Waals surface area contributed by atoms with Gasteiger partial charge in [-0.1, -0.05) is 32.0 Å². The molecule has 0 aromatic heterocycles. The van der Waals surface area contributed by atoms with Crippen LogP contribution in [0.1, 0.15) is 27.7 Å². The number of hydrogen-bond acceptors (Lipinski definition) is 4. The largest absolute Gasteiger partial charge is 0.480 e. The molecule has 1 rings (SSSR count). The molecule has 0 aliphatic heterocycles. The average molecular weight is 336 g/mol. The fraction of sp³-hybridized carbons (Fsp3) is 0.471. The quantitative estimate of drug-likeness (QED) is 0.665. The van der Waals surface area contributed by atoms with Crippen molar-refractivity contribution in [2.24, 2.45) is 5.92 Å². The van der Waals surface area contributed by atoms with Crippen LogP contribution in [0, 0.1) is 5.92 Å². The number of benzene rings is 1. The number of carboxylic acid groups (broad SMARTS) is 2. The van der Waals surface area contributed by atoms with Gasteiger partial charge in [-0.15, -0.1) is 0 Å². The number of carboxylic acids is 2. The highest BCUT2D eigenvalue weighted by atomic mass is 16.4. The third kappa shape index (κ3) is 4.79. The third-order valence-corrected chi connectivity index (χ3v) is 3.75. The number of hydrogen-bond donors (Lipinski definition) is 3. The minimum atomic E-state index is -1.14. The highest BCUT2D eigenvalue weighted by Crippen LogP contribution is 2.18. The van der Waals surface area contributed by atoms with E-state index in [1.54, 1.807) is 44.2 Å². The maximum atomic E-state index is 12.8. The van der Waals surface area contributed by atoms with E-state index >= 15 is 0 Å². The molecule has 1 amide bonds. The Bertz CT molecular complexity index is 588. The molecule has 0 aliphatic carbocycles. The second-order valence-electron chi connectivity index (χ2n) is 6.01. The van der Waals surface area contributed by atoms with Gasteiger partial charge in [-0.3, -0.25) is 19.8 Å². The molecule has 7 heteroatoms. The molecule has 0 saturated carbocycles. The normalized spacial score (nSPS) is 14.7. The van der Waals surface area contributed by atoms with Crippen molar-refractivity contribution in [1.82, 2.24) is 5.32 Å². The van der Waals surface area contributed by atoms with Gasteiger partial charge in [0.25, 0.3) is 0 Å². The van der Waals surface area contributed by atoms with Crippen LogP contribution in [-0.4, -0.2) is 46.2 Å². The highest BCUT2D eigenvalue weighted by molar-refractivity contribution is 6.01. The van der Waals surface area contributed by atoms with Gasteiger partial charge in [0, 0.05) is 5.69 Å². The fourth-order valence-corrected chi connectivity index (χ4v) is 2.34. The number of rotatable bonds is 8. The van der Waals surface area contributed by atoms with Gasteiger partial charge in [-0.2, -0.15) is 0 Å². The number of carbonyl (C=O) groups excluding carboxylic acids is 1. The van der Waals surface area contributed by atoms with Crippen molar-refractivity contribution in [2.45, 2.75) is 45.8 Å². The lowest BCUT2D eigenvalue weighted by Gasteiger charge is -2.31. The number of aliphatic carboxylic acids is 2. The van der Waals surface area contributed by atoms with Crippen molar-refractivity contribution in [2.75, 3.05) is 4.90 Å². The van der Waals surface area contributed by atoms with Crippen molar-refractivity contribution < 1.29 is 24.6 Å². The smallest absolute Gasteiger partial charge is 0.326 e. The van der Waals surface area contributed by atoms with Crippen molar-refractivity contribution in [3.05, 3.63) is 30.3 Å². The van der Waals surface area contributed by atoms with Gasteiger partial charge in [-0.05, 0) is 31.9 Å². The van der Waals surface area contributed by atoms with Crippen LogP contribution in [0.2, 0.25) is 0 Å². The second-order valence-corrected chi connectivity index (χ2v) is 6.01. The Hall–Kier alpha value is -2.41. The summed E-state index contributed by atoms with van der Waals surface area (Å²) in [4.78, 5) is 36.6. The van der Waals surface area contributed by atoms with E-state index < -0.39 is 36.0 Å². The molecule has 0 heterocycles. The zero-order valence-electron chi connectivity index (χ0n) is 14.3. The Labute approximate surface area is 141 Å². The maximum absolute atomic E-state index is 12.8. The van der Waals surface area contributed by atoms with E-state index in [-0.39, 0.29) is 5.92 Å². The zero-order valence-corrected chi connectivity index (χ0v) is 14.3. The summed E-state index contributed by atoms with van der Waals surface area (Å²) < 4.78 is 0. The Morgan fingerprint density at radius 1 is 0.958 bits per heavy atom. The van der Waals surface area contributed by atoms with Gasteiger partial charge in [0.15, 0.2) is 0 Å². The second kappa shape index (κ2) is 8.44. The maximum Gasteiger partial charge on any atom is 0.326 e. The molecule has 132 valence electrons. The molecule has 0 aliphatic rings. The summed E-state index contributed by atoms with van der Waals surface area (Å²) in [5.74, 6) is -2.91. The van der Waals surface area contributed by atoms with Gasteiger partial charge >= 0.3 is 11.9 Å². The summed E-state index contributed by atoms with van der Waals surface area (Å²) in [6, 6.07) is 5.62. The molecule has 0 spiro atoms. The molecule has 3 N–H and O–H groups in total. The molecule has 0 saturated heterocycles. The number of nitrogens with one attached hydrogen (secondary N) is 1. The number of anilines is 1. The Balaban J connectivity index is 3.07. The highest BCUT2D eigenvalue weighted by Gasteiger charge is 2.33. The van der Waals surface area contributed by atoms with Crippen LogP contribution < -0.4 is 10.2 Å². The SMILES string of the molecule is CC(C)C(N[C@@H](C)C(=O)N(c1ccccc1)[C@@H](C)C(=O)O)C(=O)O. The lowest BCUT2D eigenvalue weighted by atomic mass is 10.0. The zero-order chi connectivity index (χ0) is 18.4. The molecule has 0 radical (unpaired) electrons. The molecule has 0 fully saturated rings. The van der Waals surface area contributed by atoms with Crippen molar-refractivity contribution in [3.8, 4) is 0 Å². The van der Waals surface area contributed by atoms with Gasteiger partial charge in [0.05, 0.1) is 6.04 Å². The molecule has 1 aromatic rings. The lowest BCUT2D eigenvalue weighted by molar-refractivity contribution is -0.142. The number of carbonyl (C=O) groups is 3. The first kappa shape index (κ1) is 19.6. The minimum Gasteiger partial charge on any atom is -0.480 e. The summed E-state index contributed by atoms with van der Waals surface area (Å²) in [7, 11) is 0. The molecule has 0 bridgehead atoms. The predicted molar refractivity (Wildman–Crippen MR) is 89.9 cm³/mol. The van der Waals surface area contributed by atoms with Gasteiger partial charge in [0.1, 0.15) is 12.1 Å². The van der Waals surface area contributed by atoms with Crippen LogP contribution >= 0.6 is 0 Å². The van der Waals surface area contributed by atoms with Crippen molar-refractivity contribution in [1.29, 1.82) is 0 Å². The number of nitrogens with zero attached hydrogens (tertiary/aromatic N) is 1. The summed E-state index contributed by atoms with van der Waals surface area (Å²) >= 11 is 0. The van der Waals surface area contributed by atoms with E-state index in [0.717, 1.165) is 0 Å². The first-order valence-corrected chi connectivity index (χ1v) is 7.76. The number of para-hydroxylation sites is 1. The van der Waals surface area contributed by atoms with Crippen LogP contribution in [0.4, 0.5) is 5.69 Å². The van der Waals surface area contributed by atoms with Gasteiger partial charge < -0.3 is 10.2 Å².